The van der Waals surface area contributed by atoms with E-state index in [0.717, 1.165) is 54.5 Å². The molecular weight excluding hydrogens is 320 g/mol. The molecule has 0 atom stereocenters. The summed E-state index contributed by atoms with van der Waals surface area (Å²) in [5.41, 5.74) is 2.09. The maximum Gasteiger partial charge on any atom is 0.186 e. The van der Waals surface area contributed by atoms with Crippen molar-refractivity contribution in [2.75, 3.05) is 24.6 Å². The quantitative estimate of drug-likeness (QED) is 0.725. The third-order valence-electron chi connectivity index (χ3n) is 4.51. The number of ether oxygens (including phenoxy) is 1. The molecule has 0 N–H and O–H groups in total. The number of aromatic nitrogens is 3. The van der Waals surface area contributed by atoms with E-state index in [0.29, 0.717) is 5.92 Å². The van der Waals surface area contributed by atoms with Gasteiger partial charge in [0.15, 0.2) is 5.13 Å². The zero-order chi connectivity index (χ0) is 16.4. The van der Waals surface area contributed by atoms with Crippen molar-refractivity contribution in [2.24, 2.45) is 5.92 Å². The largest absolute Gasteiger partial charge is 0.493 e. The van der Waals surface area contributed by atoms with Crippen LogP contribution in [0.5, 0.6) is 5.75 Å². The summed E-state index contributed by atoms with van der Waals surface area (Å²) in [5.74, 6) is 1.55. The van der Waals surface area contributed by atoms with E-state index in [1.165, 1.54) is 4.70 Å². The molecule has 1 fully saturated rings. The lowest BCUT2D eigenvalue weighted by atomic mass is 9.98. The Balaban J connectivity index is 1.34. The van der Waals surface area contributed by atoms with Crippen LogP contribution in [0.3, 0.4) is 0 Å². The molecule has 5 nitrogen and oxygen atoms in total. The van der Waals surface area contributed by atoms with Crippen molar-refractivity contribution in [3.63, 3.8) is 0 Å². The highest BCUT2D eigenvalue weighted by molar-refractivity contribution is 7.22. The summed E-state index contributed by atoms with van der Waals surface area (Å²) < 4.78 is 7.19. The highest BCUT2D eigenvalue weighted by Gasteiger charge is 2.22. The van der Waals surface area contributed by atoms with E-state index >= 15 is 0 Å². The van der Waals surface area contributed by atoms with Gasteiger partial charge in [-0.05, 0) is 37.8 Å². The number of hydrogen-bond acceptors (Lipinski definition) is 6. The minimum atomic E-state index is 0.602. The number of nitrogens with zero attached hydrogens (tertiary/aromatic N) is 4. The Hall–Kier alpha value is -2.21. The Labute approximate surface area is 145 Å². The molecule has 124 valence electrons. The van der Waals surface area contributed by atoms with Crippen molar-refractivity contribution in [1.82, 2.24) is 15.0 Å². The van der Waals surface area contributed by atoms with Gasteiger partial charge in [-0.15, -0.1) is 0 Å². The second-order valence-corrected chi connectivity index (χ2v) is 7.23. The molecule has 6 heteroatoms. The Bertz CT molecular complexity index is 794. The van der Waals surface area contributed by atoms with Gasteiger partial charge in [0.05, 0.1) is 17.5 Å². The lowest BCUT2D eigenvalue weighted by molar-refractivity contribution is 0.221. The topological polar surface area (TPSA) is 51.1 Å². The fourth-order valence-corrected chi connectivity index (χ4v) is 4.01. The van der Waals surface area contributed by atoms with Crippen molar-refractivity contribution < 1.29 is 4.74 Å². The van der Waals surface area contributed by atoms with E-state index in [1.807, 2.05) is 37.6 Å². The first-order valence-electron chi connectivity index (χ1n) is 8.28. The van der Waals surface area contributed by atoms with E-state index < -0.39 is 0 Å². The first kappa shape index (κ1) is 15.3. The summed E-state index contributed by atoms with van der Waals surface area (Å²) in [7, 11) is 0. The summed E-state index contributed by atoms with van der Waals surface area (Å²) in [4.78, 5) is 15.4. The average molecular weight is 340 g/mol. The molecule has 0 amide bonds. The van der Waals surface area contributed by atoms with Gasteiger partial charge >= 0.3 is 0 Å². The highest BCUT2D eigenvalue weighted by Crippen LogP contribution is 2.31. The van der Waals surface area contributed by atoms with Gasteiger partial charge in [-0.2, -0.15) is 0 Å². The standard InChI is InChI=1S/C18H20N4OS/c1-13-10-19-6-2-16(13)23-12-14-4-8-22(9-5-14)18-21-15-11-20-7-3-17(15)24-18/h2-3,6-7,10-11,14H,4-5,8-9,12H2,1H3. The van der Waals surface area contributed by atoms with Crippen LogP contribution in [0.1, 0.15) is 18.4 Å². The van der Waals surface area contributed by atoms with Crippen LogP contribution in [0.2, 0.25) is 0 Å². The van der Waals surface area contributed by atoms with E-state index in [1.54, 1.807) is 17.5 Å². The van der Waals surface area contributed by atoms with Gasteiger partial charge in [0.2, 0.25) is 0 Å². The van der Waals surface area contributed by atoms with Crippen LogP contribution in [-0.4, -0.2) is 34.6 Å². The molecular formula is C18H20N4OS. The van der Waals surface area contributed by atoms with Gasteiger partial charge in [-0.25, -0.2) is 4.98 Å². The SMILES string of the molecule is Cc1cnccc1OCC1CCN(c2nc3cnccc3s2)CC1. The number of thiazole rings is 1. The number of aryl methyl sites for hydroxylation is 1. The molecule has 0 aromatic carbocycles. The summed E-state index contributed by atoms with van der Waals surface area (Å²) in [6.07, 6.45) is 9.57. The predicted molar refractivity (Wildman–Crippen MR) is 96.8 cm³/mol. The molecule has 1 saturated heterocycles. The van der Waals surface area contributed by atoms with E-state index in [4.69, 9.17) is 9.72 Å². The first-order valence-corrected chi connectivity index (χ1v) is 9.10. The van der Waals surface area contributed by atoms with Gasteiger partial charge < -0.3 is 9.64 Å². The maximum absolute atomic E-state index is 5.99. The lowest BCUT2D eigenvalue weighted by Crippen LogP contribution is -2.35. The van der Waals surface area contributed by atoms with Gasteiger partial charge in [-0.3, -0.25) is 9.97 Å². The van der Waals surface area contributed by atoms with Crippen LogP contribution in [0, 0.1) is 12.8 Å². The fraction of sp³-hybridized carbons (Fsp3) is 0.389. The van der Waals surface area contributed by atoms with Crippen LogP contribution < -0.4 is 9.64 Å². The molecule has 3 aromatic heterocycles. The zero-order valence-electron chi connectivity index (χ0n) is 13.7. The van der Waals surface area contributed by atoms with Crippen LogP contribution >= 0.6 is 11.3 Å². The van der Waals surface area contributed by atoms with Crippen molar-refractivity contribution in [3.8, 4) is 5.75 Å². The minimum absolute atomic E-state index is 0.602. The maximum atomic E-state index is 5.99. The Morgan fingerprint density at radius 1 is 1.17 bits per heavy atom. The molecule has 0 spiro atoms. The summed E-state index contributed by atoms with van der Waals surface area (Å²) in [5, 5.41) is 1.11. The van der Waals surface area contributed by atoms with Crippen molar-refractivity contribution in [3.05, 3.63) is 42.5 Å². The van der Waals surface area contributed by atoms with Gasteiger partial charge in [0.25, 0.3) is 0 Å². The van der Waals surface area contributed by atoms with E-state index in [9.17, 15) is 0 Å². The molecule has 4 rings (SSSR count). The molecule has 0 saturated carbocycles. The average Bonchev–Trinajstić information content (AvgIpc) is 3.06. The normalized spacial score (nSPS) is 15.8. The molecule has 0 bridgehead atoms. The number of pyridine rings is 2. The van der Waals surface area contributed by atoms with Crippen LogP contribution in [0.4, 0.5) is 5.13 Å². The van der Waals surface area contributed by atoms with Crippen LogP contribution in [0.25, 0.3) is 10.2 Å². The zero-order valence-corrected chi connectivity index (χ0v) is 14.5. The van der Waals surface area contributed by atoms with Crippen molar-refractivity contribution in [1.29, 1.82) is 0 Å². The summed E-state index contributed by atoms with van der Waals surface area (Å²) in [6, 6.07) is 3.98. The molecule has 1 aliphatic rings. The summed E-state index contributed by atoms with van der Waals surface area (Å²) >= 11 is 1.75. The molecule has 0 radical (unpaired) electrons. The number of fused-ring (bicyclic) bond motifs is 1. The second kappa shape index (κ2) is 6.73. The third kappa shape index (κ3) is 3.19. The van der Waals surface area contributed by atoms with Crippen LogP contribution in [-0.2, 0) is 0 Å². The Kier molecular flexibility index (Phi) is 4.30. The number of anilines is 1. The smallest absolute Gasteiger partial charge is 0.186 e. The number of rotatable bonds is 4. The number of hydrogen-bond donors (Lipinski definition) is 0. The monoisotopic (exact) mass is 340 g/mol. The van der Waals surface area contributed by atoms with Crippen molar-refractivity contribution >= 4 is 26.7 Å². The Morgan fingerprint density at radius 3 is 2.75 bits per heavy atom. The van der Waals surface area contributed by atoms with Gasteiger partial charge in [0.1, 0.15) is 11.3 Å². The molecule has 3 aromatic rings. The summed E-state index contributed by atoms with van der Waals surface area (Å²) in [6.45, 7) is 4.89. The van der Waals surface area contributed by atoms with E-state index in [-0.39, 0.29) is 0 Å². The molecule has 0 aliphatic carbocycles. The molecule has 1 aliphatic heterocycles. The first-order chi connectivity index (χ1) is 11.8. The second-order valence-electron chi connectivity index (χ2n) is 6.22. The molecule has 4 heterocycles. The van der Waals surface area contributed by atoms with Gasteiger partial charge in [-0.1, -0.05) is 11.3 Å². The predicted octanol–water partition coefficient (Wildman–Crippen LogP) is 3.69. The number of piperidine rings is 1. The fourth-order valence-electron chi connectivity index (χ4n) is 3.02. The van der Waals surface area contributed by atoms with Crippen LogP contribution in [0.15, 0.2) is 36.9 Å². The van der Waals surface area contributed by atoms with E-state index in [2.05, 4.69) is 14.9 Å². The molecule has 24 heavy (non-hydrogen) atoms. The Morgan fingerprint density at radius 2 is 1.96 bits per heavy atom. The highest BCUT2D eigenvalue weighted by atomic mass is 32.1. The molecule has 0 unspecified atom stereocenters. The van der Waals surface area contributed by atoms with Crippen molar-refractivity contribution in [2.45, 2.75) is 19.8 Å². The lowest BCUT2D eigenvalue weighted by Gasteiger charge is -2.31. The minimum Gasteiger partial charge on any atom is -0.493 e. The van der Waals surface area contributed by atoms with Gasteiger partial charge in [0, 0.05) is 37.2 Å². The third-order valence-corrected chi connectivity index (χ3v) is 5.60.